The van der Waals surface area contributed by atoms with Crippen LogP contribution in [-0.2, 0) is 4.74 Å². The predicted molar refractivity (Wildman–Crippen MR) is 174 cm³/mol. The second-order valence-corrected chi connectivity index (χ2v) is 11.4. The van der Waals surface area contributed by atoms with Crippen molar-refractivity contribution in [2.45, 2.75) is 103 Å². The highest BCUT2D eigenvalue weighted by Gasteiger charge is 2.42. The average Bonchev–Trinajstić information content (AvgIpc) is 3.04. The fraction of sp³-hybridized carbons (Fsp3) is 0.459. The van der Waals surface area contributed by atoms with Gasteiger partial charge in [0.1, 0.15) is 5.75 Å². The van der Waals surface area contributed by atoms with Crippen molar-refractivity contribution in [2.75, 3.05) is 11.9 Å². The van der Waals surface area contributed by atoms with E-state index in [1.165, 1.54) is 62.8 Å². The standard InChI is InChI=1S/C37H46F3NO4/c1-3-5-7-9-10-11-13-27-44-33-25-21-29(22-26-33)28-15-17-30(18-16-28)35(42)41-32-23-19-31(20-24-32)36(43)45-34(37(38,39)40)14-12-8-6-4-2/h15-26,34H,3-14,27H2,1-2H3,(H,41,42). The molecule has 0 bridgehead atoms. The number of carbonyl (C=O) groups is 2. The molecule has 0 heterocycles. The zero-order valence-electron chi connectivity index (χ0n) is 26.5. The van der Waals surface area contributed by atoms with E-state index in [1.807, 2.05) is 43.3 Å². The van der Waals surface area contributed by atoms with Crippen molar-refractivity contribution >= 4 is 17.6 Å². The number of carbonyl (C=O) groups excluding carboxylic acids is 2. The van der Waals surface area contributed by atoms with Crippen LogP contribution in [0.1, 0.15) is 112 Å². The smallest absolute Gasteiger partial charge is 0.425 e. The van der Waals surface area contributed by atoms with E-state index < -0.39 is 18.2 Å². The number of esters is 1. The Morgan fingerprint density at radius 2 is 1.18 bits per heavy atom. The Hall–Kier alpha value is -3.81. The molecule has 0 aliphatic heterocycles. The molecular weight excluding hydrogens is 579 g/mol. The molecule has 0 fully saturated rings. The summed E-state index contributed by atoms with van der Waals surface area (Å²) in [5.74, 6) is -0.563. The highest BCUT2D eigenvalue weighted by Crippen LogP contribution is 2.28. The molecule has 1 atom stereocenters. The van der Waals surface area contributed by atoms with E-state index in [2.05, 4.69) is 12.2 Å². The summed E-state index contributed by atoms with van der Waals surface area (Å²) < 4.78 is 50.8. The summed E-state index contributed by atoms with van der Waals surface area (Å²) in [6.45, 7) is 4.90. The number of nitrogens with one attached hydrogen (secondary N) is 1. The Bertz CT molecular complexity index is 1290. The maximum atomic E-state index is 13.4. The van der Waals surface area contributed by atoms with Crippen molar-refractivity contribution in [3.63, 3.8) is 0 Å². The molecule has 244 valence electrons. The number of benzene rings is 3. The molecule has 3 rings (SSSR count). The van der Waals surface area contributed by atoms with Crippen molar-refractivity contribution in [3.05, 3.63) is 83.9 Å². The lowest BCUT2D eigenvalue weighted by Gasteiger charge is -2.20. The van der Waals surface area contributed by atoms with Gasteiger partial charge < -0.3 is 14.8 Å². The van der Waals surface area contributed by atoms with Gasteiger partial charge in [-0.15, -0.1) is 0 Å². The minimum absolute atomic E-state index is 0.0191. The lowest BCUT2D eigenvalue weighted by atomic mass is 10.0. The fourth-order valence-electron chi connectivity index (χ4n) is 4.94. The van der Waals surface area contributed by atoms with Gasteiger partial charge in [-0.05, 0) is 78.9 Å². The SMILES string of the molecule is CCCCCCCCCOc1ccc(-c2ccc(C(=O)Nc3ccc(C(=O)OC(CCCCCC)C(F)(F)F)cc3)cc2)cc1. The van der Waals surface area contributed by atoms with Gasteiger partial charge in [0.05, 0.1) is 12.2 Å². The molecule has 3 aromatic rings. The topological polar surface area (TPSA) is 64.6 Å². The van der Waals surface area contributed by atoms with Crippen molar-refractivity contribution < 1.29 is 32.2 Å². The Morgan fingerprint density at radius 1 is 0.667 bits per heavy atom. The quantitative estimate of drug-likeness (QED) is 0.106. The second kappa shape index (κ2) is 18.9. The van der Waals surface area contributed by atoms with Crippen LogP contribution in [-0.4, -0.2) is 30.8 Å². The van der Waals surface area contributed by atoms with Crippen LogP contribution in [0.2, 0.25) is 0 Å². The number of hydrogen-bond acceptors (Lipinski definition) is 4. The van der Waals surface area contributed by atoms with Crippen LogP contribution in [0.5, 0.6) is 5.75 Å². The van der Waals surface area contributed by atoms with Gasteiger partial charge in [-0.25, -0.2) is 4.79 Å². The molecule has 5 nitrogen and oxygen atoms in total. The van der Waals surface area contributed by atoms with Gasteiger partial charge in [-0.2, -0.15) is 13.2 Å². The van der Waals surface area contributed by atoms with Crippen molar-refractivity contribution in [1.29, 1.82) is 0 Å². The molecule has 0 aliphatic rings. The largest absolute Gasteiger partial charge is 0.494 e. The van der Waals surface area contributed by atoms with E-state index in [4.69, 9.17) is 9.47 Å². The lowest BCUT2D eigenvalue weighted by Crippen LogP contribution is -2.33. The third-order valence-electron chi connectivity index (χ3n) is 7.66. The molecule has 0 radical (unpaired) electrons. The number of amides is 1. The highest BCUT2D eigenvalue weighted by atomic mass is 19.4. The number of rotatable bonds is 19. The summed E-state index contributed by atoms with van der Waals surface area (Å²) in [6.07, 6.45) is 4.36. The average molecular weight is 626 g/mol. The molecule has 0 spiro atoms. The van der Waals surface area contributed by atoms with E-state index in [0.717, 1.165) is 36.1 Å². The molecule has 45 heavy (non-hydrogen) atoms. The molecule has 1 amide bonds. The van der Waals surface area contributed by atoms with E-state index in [0.29, 0.717) is 30.7 Å². The Labute approximate surface area is 265 Å². The van der Waals surface area contributed by atoms with Gasteiger partial charge in [0.15, 0.2) is 6.10 Å². The maximum absolute atomic E-state index is 13.4. The van der Waals surface area contributed by atoms with Crippen LogP contribution in [0.3, 0.4) is 0 Å². The zero-order valence-corrected chi connectivity index (χ0v) is 26.5. The molecule has 1 N–H and O–H groups in total. The van der Waals surface area contributed by atoms with E-state index in [9.17, 15) is 22.8 Å². The minimum atomic E-state index is -4.63. The van der Waals surface area contributed by atoms with Crippen LogP contribution >= 0.6 is 0 Å². The van der Waals surface area contributed by atoms with Gasteiger partial charge in [-0.3, -0.25) is 4.79 Å². The van der Waals surface area contributed by atoms with Gasteiger partial charge in [0.25, 0.3) is 5.91 Å². The summed E-state index contributed by atoms with van der Waals surface area (Å²) in [4.78, 5) is 25.2. The van der Waals surface area contributed by atoms with Crippen molar-refractivity contribution in [1.82, 2.24) is 0 Å². The number of alkyl halides is 3. The third-order valence-corrected chi connectivity index (χ3v) is 7.66. The zero-order chi connectivity index (χ0) is 32.5. The van der Waals surface area contributed by atoms with Crippen LogP contribution in [0.15, 0.2) is 72.8 Å². The molecule has 0 aliphatic carbocycles. The van der Waals surface area contributed by atoms with Crippen LogP contribution in [0.25, 0.3) is 11.1 Å². The number of hydrogen-bond donors (Lipinski definition) is 1. The van der Waals surface area contributed by atoms with Crippen molar-refractivity contribution in [2.24, 2.45) is 0 Å². The first-order valence-electron chi connectivity index (χ1n) is 16.2. The number of halogens is 3. The molecular formula is C37H46F3NO4. The normalized spacial score (nSPS) is 12.0. The summed E-state index contributed by atoms with van der Waals surface area (Å²) in [5.41, 5.74) is 2.78. The third kappa shape index (κ3) is 12.6. The van der Waals surface area contributed by atoms with Crippen LogP contribution in [0, 0.1) is 0 Å². The van der Waals surface area contributed by atoms with Gasteiger partial charge >= 0.3 is 12.1 Å². The number of anilines is 1. The molecule has 0 saturated carbocycles. The highest BCUT2D eigenvalue weighted by molar-refractivity contribution is 6.04. The molecule has 0 aromatic heterocycles. The summed E-state index contributed by atoms with van der Waals surface area (Å²) in [6, 6.07) is 20.7. The van der Waals surface area contributed by atoms with Gasteiger partial charge in [-0.1, -0.05) is 95.9 Å². The lowest BCUT2D eigenvalue weighted by molar-refractivity contribution is -0.206. The summed E-state index contributed by atoms with van der Waals surface area (Å²) in [5, 5.41) is 2.75. The van der Waals surface area contributed by atoms with E-state index in [-0.39, 0.29) is 17.9 Å². The van der Waals surface area contributed by atoms with Gasteiger partial charge in [0, 0.05) is 11.3 Å². The summed E-state index contributed by atoms with van der Waals surface area (Å²) in [7, 11) is 0. The predicted octanol–water partition coefficient (Wildman–Crippen LogP) is 10.8. The Balaban J connectivity index is 1.47. The van der Waals surface area contributed by atoms with E-state index in [1.54, 1.807) is 12.1 Å². The molecule has 3 aromatic carbocycles. The summed E-state index contributed by atoms with van der Waals surface area (Å²) >= 11 is 0. The van der Waals surface area contributed by atoms with E-state index >= 15 is 0 Å². The van der Waals surface area contributed by atoms with Crippen molar-refractivity contribution in [3.8, 4) is 16.9 Å². The Kier molecular flexibility index (Phi) is 15.0. The molecule has 0 saturated heterocycles. The number of unbranched alkanes of at least 4 members (excludes halogenated alkanes) is 9. The molecule has 8 heteroatoms. The monoisotopic (exact) mass is 625 g/mol. The maximum Gasteiger partial charge on any atom is 0.425 e. The Morgan fingerprint density at radius 3 is 1.76 bits per heavy atom. The fourth-order valence-corrected chi connectivity index (χ4v) is 4.94. The van der Waals surface area contributed by atoms with Gasteiger partial charge in [0.2, 0.25) is 0 Å². The molecule has 1 unspecified atom stereocenters. The first kappa shape index (κ1) is 35.7. The minimum Gasteiger partial charge on any atom is -0.494 e. The number of ether oxygens (including phenoxy) is 2. The second-order valence-electron chi connectivity index (χ2n) is 11.4. The first-order valence-corrected chi connectivity index (χ1v) is 16.2. The first-order chi connectivity index (χ1) is 21.7. The van der Waals surface area contributed by atoms with Crippen LogP contribution < -0.4 is 10.1 Å². The van der Waals surface area contributed by atoms with Crippen LogP contribution in [0.4, 0.5) is 18.9 Å².